The number of benzene rings is 1. The van der Waals surface area contributed by atoms with Crippen molar-refractivity contribution in [2.45, 2.75) is 60.0 Å². The molecule has 1 aromatic heterocycles. The first-order chi connectivity index (χ1) is 15.3. The van der Waals surface area contributed by atoms with E-state index in [4.69, 9.17) is 14.2 Å². The fourth-order valence-electron chi connectivity index (χ4n) is 3.03. The number of carbonyl (C=O) groups is 3. The quantitative estimate of drug-likeness (QED) is 0.421. The van der Waals surface area contributed by atoms with Crippen molar-refractivity contribution in [3.05, 3.63) is 44.2 Å². The second-order valence-electron chi connectivity index (χ2n) is 8.66. The van der Waals surface area contributed by atoms with Crippen molar-refractivity contribution in [3.8, 4) is 5.75 Å². The van der Waals surface area contributed by atoms with Crippen LogP contribution >= 0.6 is 27.3 Å². The second kappa shape index (κ2) is 11.2. The van der Waals surface area contributed by atoms with Gasteiger partial charge in [-0.2, -0.15) is 0 Å². The van der Waals surface area contributed by atoms with E-state index in [0.29, 0.717) is 11.3 Å². The summed E-state index contributed by atoms with van der Waals surface area (Å²) >= 11 is 4.45. The summed E-state index contributed by atoms with van der Waals surface area (Å²) in [6.07, 6.45) is -0.320. The maximum Gasteiger partial charge on any atom is 0.348 e. The number of anilines is 1. The Balaban J connectivity index is 2.27. The smallest absolute Gasteiger partial charge is 0.348 e. The van der Waals surface area contributed by atoms with E-state index < -0.39 is 17.8 Å². The number of hydrogen-bond acceptors (Lipinski definition) is 7. The van der Waals surface area contributed by atoms with Crippen molar-refractivity contribution in [2.24, 2.45) is 0 Å². The molecule has 0 saturated carbocycles. The summed E-state index contributed by atoms with van der Waals surface area (Å²) in [5.41, 5.74) is 1.30. The van der Waals surface area contributed by atoms with Crippen molar-refractivity contribution < 1.29 is 28.6 Å². The topological polar surface area (TPSA) is 90.9 Å². The molecule has 0 bridgehead atoms. The molecule has 0 atom stereocenters. The van der Waals surface area contributed by atoms with Crippen molar-refractivity contribution in [1.82, 2.24) is 0 Å². The van der Waals surface area contributed by atoms with Crippen LogP contribution in [0.25, 0.3) is 0 Å². The lowest BCUT2D eigenvalue weighted by Crippen LogP contribution is -2.22. The Kier molecular flexibility index (Phi) is 9.08. The van der Waals surface area contributed by atoms with Gasteiger partial charge in [0.05, 0.1) is 18.3 Å². The number of amides is 1. The van der Waals surface area contributed by atoms with Gasteiger partial charge in [0.2, 0.25) is 0 Å². The normalized spacial score (nSPS) is 11.3. The summed E-state index contributed by atoms with van der Waals surface area (Å²) in [6.45, 7) is 12.8. The van der Waals surface area contributed by atoms with Crippen LogP contribution < -0.4 is 10.1 Å². The van der Waals surface area contributed by atoms with Crippen LogP contribution in [0, 0.1) is 6.92 Å². The summed E-state index contributed by atoms with van der Waals surface area (Å²) in [6, 6.07) is 5.61. The van der Waals surface area contributed by atoms with Gasteiger partial charge in [-0.15, -0.1) is 11.3 Å². The zero-order chi connectivity index (χ0) is 24.9. The van der Waals surface area contributed by atoms with Crippen LogP contribution in [0.5, 0.6) is 5.75 Å². The van der Waals surface area contributed by atoms with Crippen LogP contribution in [-0.4, -0.2) is 37.2 Å². The van der Waals surface area contributed by atoms with E-state index in [1.54, 1.807) is 33.8 Å². The molecule has 1 heterocycles. The van der Waals surface area contributed by atoms with Crippen LogP contribution in [0.3, 0.4) is 0 Å². The number of carbonyl (C=O) groups excluding carboxylic acids is 3. The third-order valence-electron chi connectivity index (χ3n) is 4.52. The molecule has 7 nitrogen and oxygen atoms in total. The van der Waals surface area contributed by atoms with Gasteiger partial charge in [0.15, 0.2) is 6.61 Å². The highest BCUT2D eigenvalue weighted by atomic mass is 79.9. The molecule has 0 fully saturated rings. The zero-order valence-corrected chi connectivity index (χ0v) is 22.4. The van der Waals surface area contributed by atoms with E-state index in [9.17, 15) is 14.4 Å². The molecular weight excluding hydrogens is 510 g/mol. The van der Waals surface area contributed by atoms with Gasteiger partial charge in [-0.25, -0.2) is 9.59 Å². The molecule has 0 aliphatic heterocycles. The lowest BCUT2D eigenvalue weighted by Gasteiger charge is -2.23. The van der Waals surface area contributed by atoms with Crippen molar-refractivity contribution in [1.29, 1.82) is 0 Å². The molecule has 1 aromatic carbocycles. The number of thiophene rings is 1. The summed E-state index contributed by atoms with van der Waals surface area (Å²) in [5.74, 6) is -1.04. The molecule has 0 saturated heterocycles. The fourth-order valence-corrected chi connectivity index (χ4v) is 4.49. The monoisotopic (exact) mass is 539 g/mol. The first-order valence-corrected chi connectivity index (χ1v) is 12.2. The van der Waals surface area contributed by atoms with Gasteiger partial charge in [-0.1, -0.05) is 36.7 Å². The first-order valence-electron chi connectivity index (χ1n) is 10.6. The van der Waals surface area contributed by atoms with E-state index in [2.05, 4.69) is 42.0 Å². The molecule has 9 heteroatoms. The SMILES string of the molecule is CCOC(=O)c1c(NC(=O)COc2ccc(Br)cc2C(C)(C)C)sc(C(=O)OC(C)C)c1C. The van der Waals surface area contributed by atoms with E-state index in [0.717, 1.165) is 21.4 Å². The molecule has 0 aliphatic carbocycles. The Bertz CT molecular complexity index is 1040. The molecule has 0 spiro atoms. The molecule has 0 radical (unpaired) electrons. The van der Waals surface area contributed by atoms with Gasteiger partial charge in [-0.3, -0.25) is 4.79 Å². The average molecular weight is 540 g/mol. The number of ether oxygens (including phenoxy) is 3. The summed E-state index contributed by atoms with van der Waals surface area (Å²) in [4.78, 5) is 38.0. The fraction of sp³-hybridized carbons (Fsp3) is 0.458. The molecule has 0 aliphatic rings. The molecule has 33 heavy (non-hydrogen) atoms. The van der Waals surface area contributed by atoms with Gasteiger partial charge in [0.1, 0.15) is 15.6 Å². The van der Waals surface area contributed by atoms with Crippen molar-refractivity contribution in [3.63, 3.8) is 0 Å². The lowest BCUT2D eigenvalue weighted by atomic mass is 9.86. The maximum atomic E-state index is 12.7. The van der Waals surface area contributed by atoms with E-state index in [-0.39, 0.29) is 40.2 Å². The average Bonchev–Trinajstić information content (AvgIpc) is 3.02. The summed E-state index contributed by atoms with van der Waals surface area (Å²) in [5, 5.41) is 2.92. The standard InChI is InChI=1S/C24H30BrNO6S/c1-8-30-22(28)19-14(4)20(23(29)32-13(2)3)33-21(19)26-18(27)12-31-17-10-9-15(25)11-16(17)24(5,6)7/h9-11,13H,8,12H2,1-7H3,(H,26,27). The zero-order valence-electron chi connectivity index (χ0n) is 20.0. The molecule has 180 valence electrons. The van der Waals surface area contributed by atoms with Gasteiger partial charge < -0.3 is 19.5 Å². The summed E-state index contributed by atoms with van der Waals surface area (Å²) in [7, 11) is 0. The Morgan fingerprint density at radius 1 is 1.15 bits per heavy atom. The number of esters is 2. The third-order valence-corrected chi connectivity index (χ3v) is 6.20. The highest BCUT2D eigenvalue weighted by Gasteiger charge is 2.28. The highest BCUT2D eigenvalue weighted by molar-refractivity contribution is 9.10. The second-order valence-corrected chi connectivity index (χ2v) is 10.6. The van der Waals surface area contributed by atoms with Crippen LogP contribution in [0.2, 0.25) is 0 Å². The summed E-state index contributed by atoms with van der Waals surface area (Å²) < 4.78 is 17.1. The Morgan fingerprint density at radius 2 is 1.82 bits per heavy atom. The Labute approximate surface area is 206 Å². The molecule has 0 unspecified atom stereocenters. The van der Waals surface area contributed by atoms with E-state index >= 15 is 0 Å². The number of rotatable bonds is 8. The van der Waals surface area contributed by atoms with E-state index in [1.165, 1.54) is 0 Å². The number of halogens is 1. The molecule has 2 aromatic rings. The predicted molar refractivity (Wildman–Crippen MR) is 133 cm³/mol. The minimum absolute atomic E-state index is 0.143. The molecule has 1 N–H and O–H groups in total. The molecule has 2 rings (SSSR count). The van der Waals surface area contributed by atoms with Crippen molar-refractivity contribution >= 4 is 50.1 Å². The number of nitrogens with one attached hydrogen (secondary N) is 1. The lowest BCUT2D eigenvalue weighted by molar-refractivity contribution is -0.118. The van der Waals surface area contributed by atoms with Crippen molar-refractivity contribution in [2.75, 3.05) is 18.5 Å². The third kappa shape index (κ3) is 7.04. The Hall–Kier alpha value is -2.39. The van der Waals surface area contributed by atoms with Crippen LogP contribution in [0.1, 0.15) is 72.7 Å². The maximum absolute atomic E-state index is 12.7. The number of hydrogen-bond donors (Lipinski definition) is 1. The minimum Gasteiger partial charge on any atom is -0.483 e. The van der Waals surface area contributed by atoms with Gasteiger partial charge in [0.25, 0.3) is 5.91 Å². The van der Waals surface area contributed by atoms with E-state index in [1.807, 2.05) is 12.1 Å². The van der Waals surface area contributed by atoms with Crippen LogP contribution in [0.15, 0.2) is 22.7 Å². The molecule has 1 amide bonds. The van der Waals surface area contributed by atoms with Gasteiger partial charge >= 0.3 is 11.9 Å². The van der Waals surface area contributed by atoms with Crippen LogP contribution in [0.4, 0.5) is 5.00 Å². The van der Waals surface area contributed by atoms with Gasteiger partial charge in [0, 0.05) is 10.0 Å². The largest absolute Gasteiger partial charge is 0.483 e. The highest BCUT2D eigenvalue weighted by Crippen LogP contribution is 2.35. The Morgan fingerprint density at radius 3 is 2.39 bits per heavy atom. The van der Waals surface area contributed by atoms with Crippen LogP contribution in [-0.2, 0) is 19.7 Å². The first kappa shape index (κ1) is 26.9. The predicted octanol–water partition coefficient (Wildman–Crippen LogP) is 5.88. The molecular formula is C24H30BrNO6S. The minimum atomic E-state index is -0.617. The van der Waals surface area contributed by atoms with Gasteiger partial charge in [-0.05, 0) is 56.9 Å².